The Balaban J connectivity index is 1.79. The molecule has 0 spiro atoms. The van der Waals surface area contributed by atoms with Crippen molar-refractivity contribution < 1.29 is 28.6 Å². The lowest BCUT2D eigenvalue weighted by Gasteiger charge is -2.50. The van der Waals surface area contributed by atoms with E-state index in [1.54, 1.807) is 0 Å². The largest absolute Gasteiger partial charge is 0.462 e. The molecule has 1 heterocycles. The first-order valence-corrected chi connectivity index (χ1v) is 18.1. The summed E-state index contributed by atoms with van der Waals surface area (Å²) in [6.45, 7) is 23.6. The van der Waals surface area contributed by atoms with Crippen LogP contribution in [0.1, 0.15) is 107 Å². The molecule has 3 aliphatic rings. The molecule has 0 unspecified atom stereocenters. The highest BCUT2D eigenvalue weighted by atomic mass is 28.4. The third-order valence-corrected chi connectivity index (χ3v) is 14.9. The minimum absolute atomic E-state index is 0.0122. The normalized spacial score (nSPS) is 33.6. The molecule has 7 heteroatoms. The van der Waals surface area contributed by atoms with Crippen LogP contribution in [0.2, 0.25) is 18.1 Å². The lowest BCUT2D eigenvalue weighted by atomic mass is 9.58. The van der Waals surface area contributed by atoms with Crippen LogP contribution in [-0.2, 0) is 23.5 Å². The van der Waals surface area contributed by atoms with Crippen molar-refractivity contribution >= 4 is 20.3 Å². The van der Waals surface area contributed by atoms with E-state index in [0.717, 1.165) is 32.1 Å². The van der Waals surface area contributed by atoms with E-state index in [-0.39, 0.29) is 58.5 Å². The van der Waals surface area contributed by atoms with E-state index in [9.17, 15) is 14.7 Å². The number of fused-ring (bicyclic) bond motifs is 1. The Labute approximate surface area is 238 Å². The molecule has 0 aromatic carbocycles. The second-order valence-corrected chi connectivity index (χ2v) is 20.4. The van der Waals surface area contributed by atoms with Gasteiger partial charge in [0.15, 0.2) is 8.32 Å². The summed E-state index contributed by atoms with van der Waals surface area (Å²) in [7, 11) is -2.00. The van der Waals surface area contributed by atoms with E-state index in [4.69, 9.17) is 13.9 Å². The van der Waals surface area contributed by atoms with E-state index in [1.165, 1.54) is 5.57 Å². The molecule has 1 saturated carbocycles. The molecule has 3 rings (SSSR count). The maximum absolute atomic E-state index is 13.2. The Bertz CT molecular complexity index is 929. The Hall–Kier alpha value is -1.18. The van der Waals surface area contributed by atoms with E-state index in [2.05, 4.69) is 54.6 Å². The molecule has 0 amide bonds. The van der Waals surface area contributed by atoms with Gasteiger partial charge in [0.1, 0.15) is 12.2 Å². The van der Waals surface area contributed by atoms with E-state index in [0.29, 0.717) is 12.8 Å². The van der Waals surface area contributed by atoms with E-state index >= 15 is 0 Å². The third-order valence-electron chi connectivity index (χ3n) is 10.3. The molecule has 1 N–H and O–H groups in total. The van der Waals surface area contributed by atoms with Crippen LogP contribution in [0.15, 0.2) is 11.6 Å². The smallest absolute Gasteiger partial charge is 0.311 e. The molecular formula is C32H56O6Si. The monoisotopic (exact) mass is 564 g/mol. The summed E-state index contributed by atoms with van der Waals surface area (Å²) in [6.07, 6.45) is 5.95. The van der Waals surface area contributed by atoms with Crippen LogP contribution in [0, 0.1) is 28.6 Å². The number of aliphatic hydroxyl groups is 1. The quantitative estimate of drug-likeness (QED) is 0.191. The summed E-state index contributed by atoms with van der Waals surface area (Å²) in [4.78, 5) is 25.8. The second kappa shape index (κ2) is 11.6. The molecule has 1 saturated heterocycles. The van der Waals surface area contributed by atoms with Gasteiger partial charge in [-0.3, -0.25) is 9.59 Å². The number of ether oxygens (including phenoxy) is 2. The zero-order chi connectivity index (χ0) is 29.6. The molecule has 6 nitrogen and oxygen atoms in total. The number of carbonyl (C=O) groups is 2. The Morgan fingerprint density at radius 2 is 1.82 bits per heavy atom. The fourth-order valence-electron chi connectivity index (χ4n) is 6.41. The number of aliphatic hydroxyl groups excluding tert-OH is 1. The van der Waals surface area contributed by atoms with E-state index < -0.39 is 19.8 Å². The topological polar surface area (TPSA) is 82.1 Å². The Morgan fingerprint density at radius 3 is 2.41 bits per heavy atom. The highest BCUT2D eigenvalue weighted by Gasteiger charge is 2.49. The Kier molecular flexibility index (Phi) is 9.61. The first kappa shape index (κ1) is 32.3. The molecule has 224 valence electrons. The van der Waals surface area contributed by atoms with Crippen LogP contribution in [-0.4, -0.2) is 49.8 Å². The molecule has 0 aromatic rings. The van der Waals surface area contributed by atoms with Crippen molar-refractivity contribution in [1.29, 1.82) is 0 Å². The minimum atomic E-state index is -2.00. The van der Waals surface area contributed by atoms with Gasteiger partial charge in [-0.1, -0.05) is 60.1 Å². The first-order chi connectivity index (χ1) is 17.8. The summed E-state index contributed by atoms with van der Waals surface area (Å²) in [5, 5.41) is 11.1. The standard InChI is InChI=1S/C32H56O6Si/c1-12-32(8,9)29(35)37-26-19-31(6,7)18-21-15-25(33)20(2)24(28(21)26)14-13-22-16-23(17-27(34)36-22)38-39(10,11)30(3,4)5/h15,20,22-26,28,33H,12-14,16-19H2,1-11H3/t20-,22-,23-,24+,25+,26+,28+/m1/s1. The molecule has 7 atom stereocenters. The number of cyclic esters (lactones) is 1. The molecule has 2 fully saturated rings. The van der Waals surface area contributed by atoms with Gasteiger partial charge >= 0.3 is 11.9 Å². The minimum Gasteiger partial charge on any atom is -0.462 e. The van der Waals surface area contributed by atoms with E-state index in [1.807, 2.05) is 26.8 Å². The highest BCUT2D eigenvalue weighted by Crippen LogP contribution is 2.52. The van der Waals surface area contributed by atoms with Gasteiger partial charge in [0.05, 0.1) is 24.0 Å². The number of hydrogen-bond donors (Lipinski definition) is 1. The van der Waals surface area contributed by atoms with Crippen LogP contribution in [0.4, 0.5) is 0 Å². The zero-order valence-corrected chi connectivity index (χ0v) is 27.6. The predicted octanol–water partition coefficient (Wildman–Crippen LogP) is 7.20. The van der Waals surface area contributed by atoms with Crippen LogP contribution in [0.3, 0.4) is 0 Å². The number of hydrogen-bond acceptors (Lipinski definition) is 6. The van der Waals surface area contributed by atoms with Gasteiger partial charge < -0.3 is 19.0 Å². The highest BCUT2D eigenvalue weighted by molar-refractivity contribution is 6.74. The summed E-state index contributed by atoms with van der Waals surface area (Å²) in [5.41, 5.74) is 0.673. The fraction of sp³-hybridized carbons (Fsp3) is 0.875. The zero-order valence-electron chi connectivity index (χ0n) is 26.6. The van der Waals surface area contributed by atoms with Crippen molar-refractivity contribution in [1.82, 2.24) is 0 Å². The molecule has 0 radical (unpaired) electrons. The average Bonchev–Trinajstić information content (AvgIpc) is 2.77. The maximum Gasteiger partial charge on any atom is 0.311 e. The van der Waals surface area contributed by atoms with Gasteiger partial charge in [-0.2, -0.15) is 0 Å². The summed E-state index contributed by atoms with van der Waals surface area (Å²) in [6, 6.07) is 0. The van der Waals surface area contributed by atoms with Crippen LogP contribution in [0.5, 0.6) is 0 Å². The predicted molar refractivity (Wildman–Crippen MR) is 158 cm³/mol. The number of rotatable bonds is 8. The maximum atomic E-state index is 13.2. The van der Waals surface area contributed by atoms with Crippen molar-refractivity contribution in [3.63, 3.8) is 0 Å². The summed E-state index contributed by atoms with van der Waals surface area (Å²) >= 11 is 0. The van der Waals surface area contributed by atoms with Gasteiger partial charge in [-0.05, 0) is 81.3 Å². The van der Waals surface area contributed by atoms with Crippen LogP contribution < -0.4 is 0 Å². The molecule has 39 heavy (non-hydrogen) atoms. The van der Waals surface area contributed by atoms with Crippen molar-refractivity contribution in [2.75, 3.05) is 0 Å². The van der Waals surface area contributed by atoms with Gasteiger partial charge in [-0.15, -0.1) is 0 Å². The SMILES string of the molecule is CCC(C)(C)C(=O)O[C@H]1CC(C)(C)CC2=C[C@H](O)[C@H](C)[C@H](CC[C@@H]3C[C@@H](O[Si](C)(C)C(C)(C)C)CC(=O)O3)[C@H]21. The van der Waals surface area contributed by atoms with Crippen molar-refractivity contribution in [2.45, 2.75) is 150 Å². The molecule has 1 aliphatic heterocycles. The third kappa shape index (κ3) is 7.56. The van der Waals surface area contributed by atoms with Gasteiger partial charge in [-0.25, -0.2) is 0 Å². The summed E-state index contributed by atoms with van der Waals surface area (Å²) in [5.74, 6) is -0.0822. The molecule has 0 bridgehead atoms. The average molecular weight is 565 g/mol. The summed E-state index contributed by atoms with van der Waals surface area (Å²) < 4.78 is 18.8. The van der Waals surface area contributed by atoms with Gasteiger partial charge in [0.2, 0.25) is 0 Å². The number of carbonyl (C=O) groups excluding carboxylic acids is 2. The second-order valence-electron chi connectivity index (χ2n) is 15.6. The van der Waals surface area contributed by atoms with Crippen LogP contribution in [0.25, 0.3) is 0 Å². The van der Waals surface area contributed by atoms with Gasteiger partial charge in [0, 0.05) is 12.3 Å². The van der Waals surface area contributed by atoms with Crippen molar-refractivity contribution in [2.24, 2.45) is 28.6 Å². The van der Waals surface area contributed by atoms with Gasteiger partial charge in [0.25, 0.3) is 0 Å². The van der Waals surface area contributed by atoms with Crippen molar-refractivity contribution in [3.8, 4) is 0 Å². The lowest BCUT2D eigenvalue weighted by molar-refractivity contribution is -0.169. The van der Waals surface area contributed by atoms with Crippen molar-refractivity contribution in [3.05, 3.63) is 11.6 Å². The van der Waals surface area contributed by atoms with Crippen LogP contribution >= 0.6 is 0 Å². The number of esters is 2. The fourth-order valence-corrected chi connectivity index (χ4v) is 7.77. The molecule has 2 aliphatic carbocycles. The first-order valence-electron chi connectivity index (χ1n) is 15.2. The molecular weight excluding hydrogens is 508 g/mol. The molecule has 0 aromatic heterocycles. The Morgan fingerprint density at radius 1 is 1.18 bits per heavy atom. The lowest BCUT2D eigenvalue weighted by Crippen LogP contribution is -2.49.